The quantitative estimate of drug-likeness (QED) is 0.587. The molecule has 0 radical (unpaired) electrons. The van der Waals surface area contributed by atoms with Crippen LogP contribution in [0, 0.1) is 5.82 Å². The molecule has 1 N–H and O–H groups in total. The minimum Gasteiger partial charge on any atom is -0.507 e. The summed E-state index contributed by atoms with van der Waals surface area (Å²) in [6, 6.07) is 3.46. The molecule has 0 bridgehead atoms. The van der Waals surface area contributed by atoms with Crippen LogP contribution in [0.4, 0.5) is 15.0 Å². The van der Waals surface area contributed by atoms with Crippen LogP contribution in [0.25, 0.3) is 11.3 Å². The number of morpholine rings is 1. The molecule has 2 amide bonds. The number of phenols is 1. The van der Waals surface area contributed by atoms with E-state index in [1.54, 1.807) is 30.6 Å². The van der Waals surface area contributed by atoms with Crippen LogP contribution in [0.2, 0.25) is 5.02 Å². The summed E-state index contributed by atoms with van der Waals surface area (Å²) in [5.41, 5.74) is -0.690. The van der Waals surface area contributed by atoms with Gasteiger partial charge in [-0.2, -0.15) is 0 Å². The molecule has 0 spiro atoms. The maximum absolute atomic E-state index is 15.0. The number of ether oxygens (including phenoxy) is 3. The fourth-order valence-corrected chi connectivity index (χ4v) is 5.38. The second-order valence-corrected chi connectivity index (χ2v) is 11.3. The van der Waals surface area contributed by atoms with Crippen LogP contribution >= 0.6 is 11.6 Å². The Labute approximate surface area is 231 Å². The van der Waals surface area contributed by atoms with Gasteiger partial charge in [-0.25, -0.2) is 14.2 Å². The summed E-state index contributed by atoms with van der Waals surface area (Å²) in [5, 5.41) is 10.4. The highest BCUT2D eigenvalue weighted by atomic mass is 35.5. The maximum atomic E-state index is 15.0. The van der Waals surface area contributed by atoms with E-state index in [-0.39, 0.29) is 70.9 Å². The first-order valence-electron chi connectivity index (χ1n) is 12.9. The topological polar surface area (TPSA) is 105 Å². The molecule has 1 aromatic heterocycles. The van der Waals surface area contributed by atoms with Crippen LogP contribution in [0.1, 0.15) is 38.1 Å². The van der Waals surface area contributed by atoms with E-state index >= 15 is 0 Å². The molecule has 5 rings (SSSR count). The molecule has 2 fully saturated rings. The van der Waals surface area contributed by atoms with Gasteiger partial charge in [-0.3, -0.25) is 4.79 Å². The highest BCUT2D eigenvalue weighted by Gasteiger charge is 2.42. The van der Waals surface area contributed by atoms with E-state index in [0.717, 1.165) is 0 Å². The lowest BCUT2D eigenvalue weighted by Crippen LogP contribution is -2.58. The number of rotatable bonds is 2. The summed E-state index contributed by atoms with van der Waals surface area (Å²) in [4.78, 5) is 36.6. The second-order valence-electron chi connectivity index (χ2n) is 11.0. The fraction of sp³-hybridized carbons (Fsp3) is 0.519. The number of hydrogen-bond acceptors (Lipinski definition) is 8. The molecule has 210 valence electrons. The first kappa shape index (κ1) is 27.3. The van der Waals surface area contributed by atoms with E-state index in [1.165, 1.54) is 18.2 Å². The van der Waals surface area contributed by atoms with Gasteiger partial charge in [0.15, 0.2) is 5.75 Å². The number of benzene rings is 1. The zero-order chi connectivity index (χ0) is 28.1. The normalized spacial score (nSPS) is 21.6. The Balaban J connectivity index is 1.58. The molecule has 3 aliphatic heterocycles. The van der Waals surface area contributed by atoms with Gasteiger partial charge in [0.25, 0.3) is 5.91 Å². The van der Waals surface area contributed by atoms with Crippen LogP contribution < -0.4 is 9.64 Å². The summed E-state index contributed by atoms with van der Waals surface area (Å²) in [5.74, 6) is -1.04. The number of carbonyl (C=O) groups is 2. The number of nitrogens with zero attached hydrogens (tertiary/aromatic N) is 4. The molecule has 0 unspecified atom stereocenters. The van der Waals surface area contributed by atoms with Crippen LogP contribution in [0.15, 0.2) is 18.2 Å². The lowest BCUT2D eigenvalue weighted by molar-refractivity contribution is 0.000951. The molecule has 10 nitrogen and oxygen atoms in total. The summed E-state index contributed by atoms with van der Waals surface area (Å²) in [6.45, 7) is 9.40. The van der Waals surface area contributed by atoms with E-state index in [2.05, 4.69) is 4.98 Å². The van der Waals surface area contributed by atoms with Crippen LogP contribution in [-0.4, -0.2) is 95.6 Å². The standard InChI is InChI=1S/C27H32ClFN4O6/c1-15-12-31(10-11-37-15)24-20-23(21(28)22(30-24)19-17(29)6-5-7-18(19)34)38-14-16-13-32(8-9-33(16)25(20)35)26(36)39-27(2,3)4/h5-7,15-16,34H,8-14H2,1-4H3/t15-,16-/m1/s1. The number of piperazine rings is 1. The Bertz CT molecular complexity index is 1280. The average molecular weight is 563 g/mol. The smallest absolute Gasteiger partial charge is 0.410 e. The van der Waals surface area contributed by atoms with E-state index in [0.29, 0.717) is 26.2 Å². The number of amides is 2. The number of aromatic hydroxyl groups is 1. The fourth-order valence-electron chi connectivity index (χ4n) is 5.09. The molecule has 2 atom stereocenters. The van der Waals surface area contributed by atoms with Gasteiger partial charge in [-0.15, -0.1) is 0 Å². The van der Waals surface area contributed by atoms with Crippen LogP contribution in [-0.2, 0) is 9.47 Å². The lowest BCUT2D eigenvalue weighted by atomic mass is 10.0. The van der Waals surface area contributed by atoms with E-state index in [9.17, 15) is 19.1 Å². The predicted molar refractivity (Wildman–Crippen MR) is 142 cm³/mol. The number of phenolic OH excluding ortho intramolecular Hbond substituents is 1. The number of pyridine rings is 1. The van der Waals surface area contributed by atoms with Crippen molar-refractivity contribution in [2.45, 2.75) is 45.4 Å². The Morgan fingerprint density at radius 1 is 1.21 bits per heavy atom. The average Bonchev–Trinajstić information content (AvgIpc) is 3.01. The number of hydrogen-bond donors (Lipinski definition) is 1. The SMILES string of the molecule is C[C@@H]1CN(c2nc(-c3c(O)cccc3F)c(Cl)c3c2C(=O)N2CCN(C(=O)OC(C)(C)C)C[C@@H]2CO3)CCO1. The number of aromatic nitrogens is 1. The van der Waals surface area contributed by atoms with E-state index in [4.69, 9.17) is 25.8 Å². The Kier molecular flexibility index (Phi) is 7.23. The van der Waals surface area contributed by atoms with Crippen molar-refractivity contribution < 1.29 is 33.3 Å². The van der Waals surface area contributed by atoms with Gasteiger partial charge in [0.2, 0.25) is 0 Å². The third-order valence-electron chi connectivity index (χ3n) is 6.87. The van der Waals surface area contributed by atoms with Gasteiger partial charge in [0.05, 0.1) is 24.3 Å². The van der Waals surface area contributed by atoms with Crippen molar-refractivity contribution in [1.82, 2.24) is 14.8 Å². The summed E-state index contributed by atoms with van der Waals surface area (Å²) >= 11 is 6.77. The number of carbonyl (C=O) groups excluding carboxylic acids is 2. The highest BCUT2D eigenvalue weighted by molar-refractivity contribution is 6.35. The Morgan fingerprint density at radius 3 is 2.67 bits per heavy atom. The number of fused-ring (bicyclic) bond motifs is 2. The van der Waals surface area contributed by atoms with Gasteiger partial charge in [0.1, 0.15) is 45.9 Å². The van der Waals surface area contributed by atoms with Crippen molar-refractivity contribution in [2.24, 2.45) is 0 Å². The second kappa shape index (κ2) is 10.3. The Morgan fingerprint density at radius 2 is 1.97 bits per heavy atom. The number of anilines is 1. The van der Waals surface area contributed by atoms with Crippen LogP contribution in [0.5, 0.6) is 11.5 Å². The van der Waals surface area contributed by atoms with Gasteiger partial charge in [-0.1, -0.05) is 17.7 Å². The van der Waals surface area contributed by atoms with Gasteiger partial charge in [0, 0.05) is 32.7 Å². The van der Waals surface area contributed by atoms with Crippen LogP contribution in [0.3, 0.4) is 0 Å². The molecule has 39 heavy (non-hydrogen) atoms. The van der Waals surface area contributed by atoms with Crippen molar-refractivity contribution in [3.63, 3.8) is 0 Å². The Hall–Kier alpha value is -3.31. The van der Waals surface area contributed by atoms with Crippen molar-refractivity contribution in [1.29, 1.82) is 0 Å². The number of halogens is 2. The predicted octanol–water partition coefficient (Wildman–Crippen LogP) is 3.93. The van der Waals surface area contributed by atoms with Crippen molar-refractivity contribution >= 4 is 29.4 Å². The first-order chi connectivity index (χ1) is 18.4. The molecule has 1 aromatic carbocycles. The molecule has 2 saturated heterocycles. The third-order valence-corrected chi connectivity index (χ3v) is 7.22. The lowest BCUT2D eigenvalue weighted by Gasteiger charge is -2.40. The summed E-state index contributed by atoms with van der Waals surface area (Å²) in [6.07, 6.45) is -0.597. The maximum Gasteiger partial charge on any atom is 0.410 e. The largest absolute Gasteiger partial charge is 0.507 e. The summed E-state index contributed by atoms with van der Waals surface area (Å²) < 4.78 is 32.3. The third kappa shape index (κ3) is 5.29. The minimum atomic E-state index is -0.712. The molecule has 0 saturated carbocycles. The van der Waals surface area contributed by atoms with Crippen molar-refractivity contribution in [3.05, 3.63) is 34.6 Å². The molecule has 3 aliphatic rings. The first-order valence-corrected chi connectivity index (χ1v) is 13.3. The molecule has 12 heteroatoms. The van der Waals surface area contributed by atoms with Gasteiger partial charge >= 0.3 is 6.09 Å². The molecular weight excluding hydrogens is 531 g/mol. The highest BCUT2D eigenvalue weighted by Crippen LogP contribution is 2.46. The molecular formula is C27H32ClFN4O6. The zero-order valence-corrected chi connectivity index (χ0v) is 23.1. The van der Waals surface area contributed by atoms with E-state index in [1.807, 2.05) is 11.8 Å². The van der Waals surface area contributed by atoms with E-state index < -0.39 is 23.6 Å². The molecule has 2 aromatic rings. The minimum absolute atomic E-state index is 0.0248. The summed E-state index contributed by atoms with van der Waals surface area (Å²) in [7, 11) is 0. The zero-order valence-electron chi connectivity index (χ0n) is 22.4. The van der Waals surface area contributed by atoms with Gasteiger partial charge in [-0.05, 0) is 39.8 Å². The van der Waals surface area contributed by atoms with Gasteiger partial charge < -0.3 is 34.0 Å². The monoisotopic (exact) mass is 562 g/mol. The van der Waals surface area contributed by atoms with Crippen molar-refractivity contribution in [3.8, 4) is 22.8 Å². The van der Waals surface area contributed by atoms with Crippen molar-refractivity contribution in [2.75, 3.05) is 50.8 Å². The molecule has 0 aliphatic carbocycles. The molecule has 4 heterocycles.